The summed E-state index contributed by atoms with van der Waals surface area (Å²) >= 11 is 1.44. The highest BCUT2D eigenvalue weighted by atomic mass is 32.2. The first-order valence-corrected chi connectivity index (χ1v) is 7.19. The van der Waals surface area contributed by atoms with E-state index >= 15 is 0 Å². The number of hydrogen-bond donors (Lipinski definition) is 1. The Morgan fingerprint density at radius 2 is 2.15 bits per heavy atom. The molecule has 1 saturated heterocycles. The van der Waals surface area contributed by atoms with Gasteiger partial charge in [0, 0.05) is 12.8 Å². The zero-order chi connectivity index (χ0) is 14.7. The summed E-state index contributed by atoms with van der Waals surface area (Å²) in [4.78, 5) is 26.4. The number of ether oxygens (including phenoxy) is 1. The van der Waals surface area contributed by atoms with Gasteiger partial charge >= 0.3 is 12.0 Å². The molecule has 2 amide bonds. The van der Waals surface area contributed by atoms with Gasteiger partial charge in [0.1, 0.15) is 11.8 Å². The molecule has 0 spiro atoms. The highest BCUT2D eigenvalue weighted by Gasteiger charge is 2.36. The van der Waals surface area contributed by atoms with Gasteiger partial charge in [0.25, 0.3) is 0 Å². The molecular formula is C13H16N2O4S. The third-order valence-electron chi connectivity index (χ3n) is 3.15. The summed E-state index contributed by atoms with van der Waals surface area (Å²) < 4.78 is 5.22. The van der Waals surface area contributed by atoms with Crippen molar-refractivity contribution in [2.45, 2.75) is 6.04 Å². The summed E-state index contributed by atoms with van der Waals surface area (Å²) in [6, 6.07) is 6.01. The topological polar surface area (TPSA) is 70.1 Å². The number of methoxy groups -OCH3 is 1. The summed E-state index contributed by atoms with van der Waals surface area (Å²) in [5.74, 6) is 0.398. The summed E-state index contributed by atoms with van der Waals surface area (Å²) in [5.41, 5.74) is 0.612. The first kappa shape index (κ1) is 14.5. The van der Waals surface area contributed by atoms with E-state index in [2.05, 4.69) is 0 Å². The Labute approximate surface area is 121 Å². The van der Waals surface area contributed by atoms with Crippen molar-refractivity contribution in [3.63, 3.8) is 0 Å². The van der Waals surface area contributed by atoms with Gasteiger partial charge < -0.3 is 14.7 Å². The van der Waals surface area contributed by atoms with Crippen LogP contribution in [0.4, 0.5) is 10.5 Å². The lowest BCUT2D eigenvalue weighted by Crippen LogP contribution is -2.47. The molecule has 1 aliphatic heterocycles. The van der Waals surface area contributed by atoms with Gasteiger partial charge in [-0.3, -0.25) is 4.90 Å². The van der Waals surface area contributed by atoms with Crippen LogP contribution in [0.2, 0.25) is 0 Å². The van der Waals surface area contributed by atoms with Crippen LogP contribution in [0.5, 0.6) is 5.75 Å². The highest BCUT2D eigenvalue weighted by Crippen LogP contribution is 2.29. The third kappa shape index (κ3) is 2.67. The average Bonchev–Trinajstić information content (AvgIpc) is 2.95. The van der Waals surface area contributed by atoms with Gasteiger partial charge in [-0.1, -0.05) is 12.1 Å². The number of benzene rings is 1. The Morgan fingerprint density at radius 3 is 2.80 bits per heavy atom. The van der Waals surface area contributed by atoms with Gasteiger partial charge in [0.05, 0.1) is 18.7 Å². The van der Waals surface area contributed by atoms with Crippen LogP contribution in [0.25, 0.3) is 0 Å². The number of thioether (sulfide) groups is 1. The minimum absolute atomic E-state index is 0.341. The Balaban J connectivity index is 2.22. The van der Waals surface area contributed by atoms with Crippen LogP contribution in [0.15, 0.2) is 24.3 Å². The van der Waals surface area contributed by atoms with E-state index in [0.29, 0.717) is 23.1 Å². The first-order valence-electron chi connectivity index (χ1n) is 6.04. The summed E-state index contributed by atoms with van der Waals surface area (Å²) in [6.45, 7) is 0. The van der Waals surface area contributed by atoms with Gasteiger partial charge in [-0.2, -0.15) is 0 Å². The molecule has 0 saturated carbocycles. The lowest BCUT2D eigenvalue weighted by Gasteiger charge is -2.27. The lowest BCUT2D eigenvalue weighted by molar-refractivity contribution is -0.140. The SMILES string of the molecule is COc1ccccc1N(C)C(=O)N1CSC[C@H]1C(=O)O. The number of carboxylic acid groups (broad SMARTS) is 1. The van der Waals surface area contributed by atoms with E-state index in [1.165, 1.54) is 28.7 Å². The number of carbonyl (C=O) groups excluding carboxylic acids is 1. The van der Waals surface area contributed by atoms with Crippen LogP contribution in [-0.4, -0.2) is 53.8 Å². The number of rotatable bonds is 3. The second-order valence-electron chi connectivity index (χ2n) is 4.34. The first-order chi connectivity index (χ1) is 9.56. The highest BCUT2D eigenvalue weighted by molar-refractivity contribution is 7.99. The third-order valence-corrected chi connectivity index (χ3v) is 4.16. The minimum Gasteiger partial charge on any atom is -0.495 e. The molecule has 0 aliphatic carbocycles. The molecule has 0 bridgehead atoms. The maximum absolute atomic E-state index is 12.4. The van der Waals surface area contributed by atoms with Gasteiger partial charge in [0.15, 0.2) is 0 Å². The molecule has 1 aromatic rings. The molecule has 1 aromatic carbocycles. The quantitative estimate of drug-likeness (QED) is 0.919. The molecule has 2 rings (SSSR count). The number of carboxylic acids is 1. The Bertz CT molecular complexity index is 523. The number of amides is 2. The second kappa shape index (κ2) is 6.04. The molecule has 0 unspecified atom stereocenters. The Kier molecular flexibility index (Phi) is 4.39. The number of hydrogen-bond acceptors (Lipinski definition) is 4. The van der Waals surface area contributed by atoms with E-state index in [1.807, 2.05) is 6.07 Å². The maximum atomic E-state index is 12.4. The van der Waals surface area contributed by atoms with Crippen LogP contribution in [0.3, 0.4) is 0 Å². The summed E-state index contributed by atoms with van der Waals surface area (Å²) in [7, 11) is 3.14. The number of nitrogens with zero attached hydrogens (tertiary/aromatic N) is 2. The number of urea groups is 1. The van der Waals surface area contributed by atoms with E-state index in [-0.39, 0.29) is 6.03 Å². The van der Waals surface area contributed by atoms with Gasteiger partial charge in [0.2, 0.25) is 0 Å². The van der Waals surface area contributed by atoms with Crippen LogP contribution >= 0.6 is 11.8 Å². The Morgan fingerprint density at radius 1 is 1.45 bits per heavy atom. The molecule has 1 heterocycles. The largest absolute Gasteiger partial charge is 0.495 e. The van der Waals surface area contributed by atoms with E-state index in [0.717, 1.165) is 0 Å². The number of para-hydroxylation sites is 2. The maximum Gasteiger partial charge on any atom is 0.327 e. The van der Waals surface area contributed by atoms with Crippen LogP contribution in [0, 0.1) is 0 Å². The number of anilines is 1. The van der Waals surface area contributed by atoms with Crippen molar-refractivity contribution in [2.24, 2.45) is 0 Å². The van der Waals surface area contributed by atoms with Crippen molar-refractivity contribution in [2.75, 3.05) is 30.7 Å². The van der Waals surface area contributed by atoms with Gasteiger partial charge in [-0.05, 0) is 12.1 Å². The van der Waals surface area contributed by atoms with Crippen molar-refractivity contribution in [3.05, 3.63) is 24.3 Å². The van der Waals surface area contributed by atoms with Crippen molar-refractivity contribution >= 4 is 29.4 Å². The molecule has 1 N–H and O–H groups in total. The predicted octanol–water partition coefficient (Wildman–Crippen LogP) is 1.71. The molecule has 20 heavy (non-hydrogen) atoms. The Hall–Kier alpha value is -1.89. The predicted molar refractivity (Wildman–Crippen MR) is 77.4 cm³/mol. The number of aliphatic carboxylic acids is 1. The molecule has 6 nitrogen and oxygen atoms in total. The number of carbonyl (C=O) groups is 2. The molecule has 1 atom stereocenters. The summed E-state index contributed by atoms with van der Waals surface area (Å²) in [6.07, 6.45) is 0. The zero-order valence-corrected chi connectivity index (χ0v) is 12.1. The van der Waals surface area contributed by atoms with E-state index in [1.54, 1.807) is 25.2 Å². The molecule has 0 radical (unpaired) electrons. The molecule has 7 heteroatoms. The normalized spacial score (nSPS) is 17.9. The molecule has 108 valence electrons. The summed E-state index contributed by atoms with van der Waals surface area (Å²) in [5, 5.41) is 9.14. The molecule has 1 aliphatic rings. The van der Waals surface area contributed by atoms with Crippen LogP contribution in [0.1, 0.15) is 0 Å². The van der Waals surface area contributed by atoms with Gasteiger partial charge in [-0.25, -0.2) is 9.59 Å². The van der Waals surface area contributed by atoms with Crippen molar-refractivity contribution in [1.29, 1.82) is 0 Å². The van der Waals surface area contributed by atoms with Crippen LogP contribution < -0.4 is 9.64 Å². The monoisotopic (exact) mass is 296 g/mol. The fraction of sp³-hybridized carbons (Fsp3) is 0.385. The minimum atomic E-state index is -0.975. The van der Waals surface area contributed by atoms with E-state index in [4.69, 9.17) is 9.84 Å². The van der Waals surface area contributed by atoms with Crippen molar-refractivity contribution in [3.8, 4) is 5.75 Å². The van der Waals surface area contributed by atoms with Crippen molar-refractivity contribution < 1.29 is 19.4 Å². The molecular weight excluding hydrogens is 280 g/mol. The van der Waals surface area contributed by atoms with Gasteiger partial charge in [-0.15, -0.1) is 11.8 Å². The smallest absolute Gasteiger partial charge is 0.327 e. The molecule has 1 fully saturated rings. The van der Waals surface area contributed by atoms with Crippen molar-refractivity contribution in [1.82, 2.24) is 4.90 Å². The molecule has 0 aromatic heterocycles. The zero-order valence-electron chi connectivity index (χ0n) is 11.3. The lowest BCUT2D eigenvalue weighted by atomic mass is 10.2. The standard InChI is InChI=1S/C13H16N2O4S/c1-14(9-5-3-4-6-11(9)19-2)13(18)15-8-20-7-10(15)12(16)17/h3-6,10H,7-8H2,1-2H3,(H,16,17)/t10-/m0/s1. The van der Waals surface area contributed by atoms with Crippen LogP contribution in [-0.2, 0) is 4.79 Å². The average molecular weight is 296 g/mol. The van der Waals surface area contributed by atoms with E-state index < -0.39 is 12.0 Å². The van der Waals surface area contributed by atoms with E-state index in [9.17, 15) is 9.59 Å². The fourth-order valence-electron chi connectivity index (χ4n) is 2.04. The fourth-order valence-corrected chi connectivity index (χ4v) is 3.18. The second-order valence-corrected chi connectivity index (χ2v) is 5.34.